The van der Waals surface area contributed by atoms with Gasteiger partial charge in [0.25, 0.3) is 11.6 Å². The summed E-state index contributed by atoms with van der Waals surface area (Å²) in [5, 5.41) is 14.3. The molecule has 1 unspecified atom stereocenters. The number of hydrogen-bond acceptors (Lipinski definition) is 3. The van der Waals surface area contributed by atoms with Gasteiger partial charge in [0.15, 0.2) is 0 Å². The monoisotopic (exact) mass is 326 g/mol. The van der Waals surface area contributed by atoms with E-state index in [1.165, 1.54) is 6.07 Å². The third-order valence-electron chi connectivity index (χ3n) is 3.88. The highest BCUT2D eigenvalue weighted by Gasteiger charge is 2.25. The molecule has 0 fully saturated rings. The van der Waals surface area contributed by atoms with Crippen molar-refractivity contribution in [2.24, 2.45) is 5.92 Å². The Balaban J connectivity index is 2.32. The summed E-state index contributed by atoms with van der Waals surface area (Å²) < 4.78 is 0. The first-order valence-corrected chi connectivity index (χ1v) is 8.00. The van der Waals surface area contributed by atoms with Crippen molar-refractivity contribution in [3.05, 3.63) is 75.3 Å². The molecule has 0 aliphatic heterocycles. The quantitative estimate of drug-likeness (QED) is 0.631. The van der Waals surface area contributed by atoms with Gasteiger partial charge in [-0.25, -0.2) is 0 Å². The maximum absolute atomic E-state index is 12.7. The molecular weight excluding hydrogens is 304 g/mol. The minimum atomic E-state index is -0.496. The third-order valence-corrected chi connectivity index (χ3v) is 3.88. The molecule has 0 aliphatic carbocycles. The zero-order valence-electron chi connectivity index (χ0n) is 14.2. The van der Waals surface area contributed by atoms with Crippen LogP contribution in [0.4, 0.5) is 5.69 Å². The summed E-state index contributed by atoms with van der Waals surface area (Å²) in [6, 6.07) is 14.3. The van der Waals surface area contributed by atoms with Crippen molar-refractivity contribution in [2.75, 3.05) is 0 Å². The molecule has 2 rings (SSSR count). The SMILES string of the molecule is Cc1cccc(C(=O)NC(CC(C)C)c2ccccc2)c1[N+](=O)[O-]. The molecule has 2 aromatic carbocycles. The number of amides is 1. The van der Waals surface area contributed by atoms with Gasteiger partial charge in [0, 0.05) is 5.56 Å². The van der Waals surface area contributed by atoms with Crippen molar-refractivity contribution in [1.29, 1.82) is 0 Å². The second-order valence-electron chi connectivity index (χ2n) is 6.29. The first-order valence-electron chi connectivity index (χ1n) is 8.00. The van der Waals surface area contributed by atoms with Gasteiger partial charge in [-0.3, -0.25) is 14.9 Å². The van der Waals surface area contributed by atoms with Crippen molar-refractivity contribution in [1.82, 2.24) is 5.32 Å². The average Bonchev–Trinajstić information content (AvgIpc) is 2.54. The van der Waals surface area contributed by atoms with E-state index in [4.69, 9.17) is 0 Å². The molecule has 0 saturated carbocycles. The Morgan fingerprint density at radius 2 is 1.79 bits per heavy atom. The highest BCUT2D eigenvalue weighted by Crippen LogP contribution is 2.26. The number of carbonyl (C=O) groups excluding carboxylic acids is 1. The van der Waals surface area contributed by atoms with Crippen LogP contribution in [0.15, 0.2) is 48.5 Å². The Kier molecular flexibility index (Phi) is 5.68. The molecular formula is C19H22N2O3. The molecule has 1 atom stereocenters. The van der Waals surface area contributed by atoms with Crippen LogP contribution in [-0.4, -0.2) is 10.8 Å². The Bertz CT molecular complexity index is 727. The lowest BCUT2D eigenvalue weighted by molar-refractivity contribution is -0.385. The second kappa shape index (κ2) is 7.73. The lowest BCUT2D eigenvalue weighted by Crippen LogP contribution is -2.30. The first-order chi connectivity index (χ1) is 11.4. The predicted molar refractivity (Wildman–Crippen MR) is 93.9 cm³/mol. The molecule has 126 valence electrons. The topological polar surface area (TPSA) is 72.2 Å². The van der Waals surface area contributed by atoms with E-state index in [1.54, 1.807) is 19.1 Å². The zero-order valence-corrected chi connectivity index (χ0v) is 14.2. The molecule has 0 spiro atoms. The molecule has 1 N–H and O–H groups in total. The molecule has 0 saturated heterocycles. The number of nitro groups is 1. The molecule has 0 radical (unpaired) electrons. The van der Waals surface area contributed by atoms with E-state index in [0.29, 0.717) is 11.5 Å². The van der Waals surface area contributed by atoms with E-state index in [1.807, 2.05) is 30.3 Å². The lowest BCUT2D eigenvalue weighted by atomic mass is 9.96. The number of para-hydroxylation sites is 1. The van der Waals surface area contributed by atoms with Gasteiger partial charge in [0.05, 0.1) is 11.0 Å². The summed E-state index contributed by atoms with van der Waals surface area (Å²) in [5.41, 5.74) is 1.44. The molecule has 5 nitrogen and oxygen atoms in total. The minimum absolute atomic E-state index is 0.102. The summed E-state index contributed by atoms with van der Waals surface area (Å²) in [6.45, 7) is 5.80. The van der Waals surface area contributed by atoms with Crippen LogP contribution in [0.5, 0.6) is 0 Å². The van der Waals surface area contributed by atoms with Crippen LogP contribution < -0.4 is 5.32 Å². The lowest BCUT2D eigenvalue weighted by Gasteiger charge is -2.21. The first kappa shape index (κ1) is 17.7. The molecule has 0 aliphatic rings. The Morgan fingerprint density at radius 1 is 1.12 bits per heavy atom. The molecule has 5 heteroatoms. The van der Waals surface area contributed by atoms with E-state index < -0.39 is 10.8 Å². The van der Waals surface area contributed by atoms with E-state index in [2.05, 4.69) is 19.2 Å². The highest BCUT2D eigenvalue weighted by atomic mass is 16.6. The summed E-state index contributed by atoms with van der Waals surface area (Å²) in [4.78, 5) is 23.5. The summed E-state index contributed by atoms with van der Waals surface area (Å²) in [5.74, 6) is -0.0390. The molecule has 0 heterocycles. The molecule has 0 bridgehead atoms. The van der Waals surface area contributed by atoms with Crippen LogP contribution >= 0.6 is 0 Å². The van der Waals surface area contributed by atoms with Crippen molar-refractivity contribution in [3.63, 3.8) is 0 Å². The Labute approximate surface area is 141 Å². The number of hydrogen-bond donors (Lipinski definition) is 1. The van der Waals surface area contributed by atoms with Gasteiger partial charge in [-0.1, -0.05) is 56.3 Å². The number of nitrogens with zero attached hydrogens (tertiary/aromatic N) is 1. The fraction of sp³-hybridized carbons (Fsp3) is 0.316. The van der Waals surface area contributed by atoms with Crippen LogP contribution in [0.2, 0.25) is 0 Å². The standard InChI is InChI=1S/C19H22N2O3/c1-13(2)12-17(15-9-5-4-6-10-15)20-19(22)16-11-7-8-14(3)18(16)21(23)24/h4-11,13,17H,12H2,1-3H3,(H,20,22). The number of aryl methyl sites for hydroxylation is 1. The van der Waals surface area contributed by atoms with Crippen molar-refractivity contribution >= 4 is 11.6 Å². The maximum Gasteiger partial charge on any atom is 0.285 e. The van der Waals surface area contributed by atoms with E-state index in [9.17, 15) is 14.9 Å². The second-order valence-corrected chi connectivity index (χ2v) is 6.29. The summed E-state index contributed by atoms with van der Waals surface area (Å²) >= 11 is 0. The molecule has 2 aromatic rings. The third kappa shape index (κ3) is 4.19. The van der Waals surface area contributed by atoms with Crippen LogP contribution in [0.1, 0.15) is 47.8 Å². The number of nitrogens with one attached hydrogen (secondary N) is 1. The van der Waals surface area contributed by atoms with Crippen LogP contribution in [0.25, 0.3) is 0 Å². The van der Waals surface area contributed by atoms with Crippen molar-refractivity contribution in [3.8, 4) is 0 Å². The van der Waals surface area contributed by atoms with E-state index >= 15 is 0 Å². The fourth-order valence-electron chi connectivity index (χ4n) is 2.76. The Morgan fingerprint density at radius 3 is 2.38 bits per heavy atom. The largest absolute Gasteiger partial charge is 0.345 e. The summed E-state index contributed by atoms with van der Waals surface area (Å²) in [7, 11) is 0. The van der Waals surface area contributed by atoms with Crippen LogP contribution in [0.3, 0.4) is 0 Å². The van der Waals surface area contributed by atoms with Gasteiger partial charge in [0.1, 0.15) is 5.56 Å². The number of nitro benzene ring substituents is 1. The van der Waals surface area contributed by atoms with Gasteiger partial charge in [-0.15, -0.1) is 0 Å². The van der Waals surface area contributed by atoms with Gasteiger partial charge in [-0.05, 0) is 30.9 Å². The summed E-state index contributed by atoms with van der Waals surface area (Å²) in [6.07, 6.45) is 0.759. The van der Waals surface area contributed by atoms with Crippen molar-refractivity contribution in [2.45, 2.75) is 33.2 Å². The normalized spacial score (nSPS) is 12.0. The van der Waals surface area contributed by atoms with E-state index in [0.717, 1.165) is 12.0 Å². The van der Waals surface area contributed by atoms with Gasteiger partial charge >= 0.3 is 0 Å². The van der Waals surface area contributed by atoms with E-state index in [-0.39, 0.29) is 17.3 Å². The Hall–Kier alpha value is -2.69. The number of benzene rings is 2. The van der Waals surface area contributed by atoms with Crippen LogP contribution in [0, 0.1) is 23.0 Å². The number of carbonyl (C=O) groups is 1. The minimum Gasteiger partial charge on any atom is -0.345 e. The highest BCUT2D eigenvalue weighted by molar-refractivity contribution is 5.98. The van der Waals surface area contributed by atoms with Gasteiger partial charge < -0.3 is 5.32 Å². The maximum atomic E-state index is 12.7. The van der Waals surface area contributed by atoms with Crippen LogP contribution in [-0.2, 0) is 0 Å². The number of rotatable bonds is 6. The molecule has 1 amide bonds. The molecule has 24 heavy (non-hydrogen) atoms. The predicted octanol–water partition coefficient (Wildman–Crippen LogP) is 4.42. The van der Waals surface area contributed by atoms with Crippen molar-refractivity contribution < 1.29 is 9.72 Å². The average molecular weight is 326 g/mol. The fourth-order valence-corrected chi connectivity index (χ4v) is 2.76. The van der Waals surface area contributed by atoms with Gasteiger partial charge in [-0.2, -0.15) is 0 Å². The zero-order chi connectivity index (χ0) is 17.7. The van der Waals surface area contributed by atoms with Gasteiger partial charge in [0.2, 0.25) is 0 Å². The smallest absolute Gasteiger partial charge is 0.285 e. The molecule has 0 aromatic heterocycles.